The molecule has 0 unspecified atom stereocenters. The predicted octanol–water partition coefficient (Wildman–Crippen LogP) is 3.69. The van der Waals surface area contributed by atoms with Crippen molar-refractivity contribution in [2.45, 2.75) is 45.1 Å². The number of hydrogen-bond donors (Lipinski definition) is 1. The summed E-state index contributed by atoms with van der Waals surface area (Å²) in [5.74, 6) is 2.86. The molecule has 2 nitrogen and oxygen atoms in total. The average molecular weight is 287 g/mol. The van der Waals surface area contributed by atoms with Crippen LogP contribution in [0.15, 0.2) is 18.2 Å². The Morgan fingerprint density at radius 2 is 1.71 bits per heavy atom. The molecule has 4 saturated carbocycles. The van der Waals surface area contributed by atoms with E-state index in [1.165, 1.54) is 44.2 Å². The summed E-state index contributed by atoms with van der Waals surface area (Å²) in [6.45, 7) is 1.80. The molecule has 0 aliphatic heterocycles. The van der Waals surface area contributed by atoms with E-state index in [1.54, 1.807) is 13.0 Å². The van der Waals surface area contributed by atoms with E-state index in [0.717, 1.165) is 17.4 Å². The molecule has 5 rings (SSSR count). The Labute approximate surface area is 125 Å². The number of aryl methyl sites for hydroxylation is 1. The highest BCUT2D eigenvalue weighted by Crippen LogP contribution is 2.53. The molecule has 4 bridgehead atoms. The third kappa shape index (κ3) is 2.27. The number of halogens is 1. The molecule has 0 heterocycles. The summed E-state index contributed by atoms with van der Waals surface area (Å²) in [6, 6.07) is 4.76. The lowest BCUT2D eigenvalue weighted by Crippen LogP contribution is -2.55. The first kappa shape index (κ1) is 13.3. The van der Waals surface area contributed by atoms with Crippen molar-refractivity contribution in [3.63, 3.8) is 0 Å². The van der Waals surface area contributed by atoms with Gasteiger partial charge >= 0.3 is 0 Å². The van der Waals surface area contributed by atoms with Gasteiger partial charge in [0, 0.05) is 11.6 Å². The van der Waals surface area contributed by atoms with Crippen molar-refractivity contribution in [1.82, 2.24) is 5.32 Å². The normalized spacial score (nSPS) is 36.8. The topological polar surface area (TPSA) is 29.1 Å². The van der Waals surface area contributed by atoms with Crippen LogP contribution >= 0.6 is 0 Å². The lowest BCUT2D eigenvalue weighted by molar-refractivity contribution is -0.0119. The zero-order valence-electron chi connectivity index (χ0n) is 12.4. The van der Waals surface area contributed by atoms with Crippen LogP contribution in [0.1, 0.15) is 48.0 Å². The average Bonchev–Trinajstić information content (AvgIpc) is 2.41. The molecule has 4 fully saturated rings. The molecule has 21 heavy (non-hydrogen) atoms. The second kappa shape index (κ2) is 4.82. The van der Waals surface area contributed by atoms with Gasteiger partial charge in [-0.1, -0.05) is 0 Å². The van der Waals surface area contributed by atoms with E-state index < -0.39 is 0 Å². The van der Waals surface area contributed by atoms with Gasteiger partial charge in [0.25, 0.3) is 5.91 Å². The van der Waals surface area contributed by atoms with Crippen molar-refractivity contribution in [2.24, 2.45) is 23.7 Å². The zero-order chi connectivity index (χ0) is 14.6. The molecule has 1 amide bonds. The van der Waals surface area contributed by atoms with E-state index in [9.17, 15) is 9.18 Å². The quantitative estimate of drug-likeness (QED) is 0.883. The van der Waals surface area contributed by atoms with Crippen LogP contribution in [0.5, 0.6) is 0 Å². The van der Waals surface area contributed by atoms with Crippen molar-refractivity contribution in [2.75, 3.05) is 0 Å². The fourth-order valence-electron chi connectivity index (χ4n) is 5.27. The third-order valence-electron chi connectivity index (χ3n) is 5.96. The van der Waals surface area contributed by atoms with Crippen LogP contribution in [0.25, 0.3) is 0 Å². The van der Waals surface area contributed by atoms with Crippen molar-refractivity contribution >= 4 is 5.91 Å². The Hall–Kier alpha value is -1.38. The number of carbonyl (C=O) groups excluding carboxylic acids is 1. The summed E-state index contributed by atoms with van der Waals surface area (Å²) < 4.78 is 13.2. The van der Waals surface area contributed by atoms with Gasteiger partial charge in [0.1, 0.15) is 5.82 Å². The van der Waals surface area contributed by atoms with Gasteiger partial charge in [0.2, 0.25) is 0 Å². The summed E-state index contributed by atoms with van der Waals surface area (Å²) in [6.07, 6.45) is 6.59. The molecule has 1 N–H and O–H groups in total. The molecule has 3 heteroatoms. The highest BCUT2D eigenvalue weighted by molar-refractivity contribution is 5.95. The Morgan fingerprint density at radius 3 is 2.29 bits per heavy atom. The van der Waals surface area contributed by atoms with Crippen LogP contribution in [0, 0.1) is 36.4 Å². The van der Waals surface area contributed by atoms with E-state index >= 15 is 0 Å². The van der Waals surface area contributed by atoms with Gasteiger partial charge in [-0.3, -0.25) is 4.79 Å². The second-order valence-corrected chi connectivity index (χ2v) is 7.39. The number of carbonyl (C=O) groups is 1. The standard InChI is InChI=1S/C18H22FNO/c1-10-4-15(19)2-3-16(10)18(21)20-17-13-6-11-5-12(8-13)9-14(17)7-11/h2-4,11-14,17H,5-9H2,1H3,(H,20,21). The molecule has 112 valence electrons. The van der Waals surface area contributed by atoms with E-state index in [1.807, 2.05) is 0 Å². The molecule has 0 spiro atoms. The second-order valence-electron chi connectivity index (χ2n) is 7.39. The zero-order valence-corrected chi connectivity index (χ0v) is 12.4. The van der Waals surface area contributed by atoms with Crippen LogP contribution < -0.4 is 5.32 Å². The fraction of sp³-hybridized carbons (Fsp3) is 0.611. The van der Waals surface area contributed by atoms with E-state index in [-0.39, 0.29) is 11.7 Å². The molecular weight excluding hydrogens is 265 g/mol. The number of amides is 1. The largest absolute Gasteiger partial charge is 0.349 e. The van der Waals surface area contributed by atoms with Crippen LogP contribution in [0.4, 0.5) is 4.39 Å². The summed E-state index contributed by atoms with van der Waals surface area (Å²) in [5, 5.41) is 3.28. The Balaban J connectivity index is 1.52. The maximum atomic E-state index is 13.2. The van der Waals surface area contributed by atoms with Crippen LogP contribution in [-0.2, 0) is 0 Å². The van der Waals surface area contributed by atoms with Gasteiger partial charge < -0.3 is 5.32 Å². The van der Waals surface area contributed by atoms with Gasteiger partial charge in [-0.2, -0.15) is 0 Å². The van der Waals surface area contributed by atoms with Crippen molar-refractivity contribution in [3.05, 3.63) is 35.1 Å². The summed E-state index contributed by atoms with van der Waals surface area (Å²) in [5.41, 5.74) is 1.33. The van der Waals surface area contributed by atoms with E-state index in [4.69, 9.17) is 0 Å². The summed E-state index contributed by atoms with van der Waals surface area (Å²) >= 11 is 0. The first-order chi connectivity index (χ1) is 10.1. The highest BCUT2D eigenvalue weighted by atomic mass is 19.1. The lowest BCUT2D eigenvalue weighted by Gasteiger charge is -2.54. The number of nitrogens with one attached hydrogen (secondary N) is 1. The van der Waals surface area contributed by atoms with Crippen molar-refractivity contribution < 1.29 is 9.18 Å². The van der Waals surface area contributed by atoms with Gasteiger partial charge in [-0.15, -0.1) is 0 Å². The first-order valence-electron chi connectivity index (χ1n) is 8.17. The summed E-state index contributed by atoms with van der Waals surface area (Å²) in [4.78, 5) is 12.5. The maximum absolute atomic E-state index is 13.2. The number of rotatable bonds is 2. The smallest absolute Gasteiger partial charge is 0.251 e. The first-order valence-corrected chi connectivity index (χ1v) is 8.17. The molecule has 0 saturated heterocycles. The Morgan fingerprint density at radius 1 is 1.10 bits per heavy atom. The van der Waals surface area contributed by atoms with Gasteiger partial charge in [0.15, 0.2) is 0 Å². The summed E-state index contributed by atoms with van der Waals surface area (Å²) in [7, 11) is 0. The SMILES string of the molecule is Cc1cc(F)ccc1C(=O)NC1C2CC3CC(C2)CC1C3. The van der Waals surface area contributed by atoms with E-state index in [2.05, 4.69) is 5.32 Å². The fourth-order valence-corrected chi connectivity index (χ4v) is 5.27. The number of hydrogen-bond acceptors (Lipinski definition) is 1. The van der Waals surface area contributed by atoms with Crippen molar-refractivity contribution in [1.29, 1.82) is 0 Å². The minimum absolute atomic E-state index is 0.0232. The van der Waals surface area contributed by atoms with Gasteiger partial charge in [-0.25, -0.2) is 4.39 Å². The number of benzene rings is 1. The van der Waals surface area contributed by atoms with Gasteiger partial charge in [0.05, 0.1) is 0 Å². The predicted molar refractivity (Wildman–Crippen MR) is 79.4 cm³/mol. The van der Waals surface area contributed by atoms with Crippen molar-refractivity contribution in [3.8, 4) is 0 Å². The molecule has 0 aromatic heterocycles. The van der Waals surface area contributed by atoms with Gasteiger partial charge in [-0.05, 0) is 86.5 Å². The van der Waals surface area contributed by atoms with Crippen LogP contribution in [0.2, 0.25) is 0 Å². The monoisotopic (exact) mass is 287 g/mol. The Bertz CT molecular complexity index is 555. The van der Waals surface area contributed by atoms with Crippen LogP contribution in [-0.4, -0.2) is 11.9 Å². The molecule has 4 aliphatic carbocycles. The minimum atomic E-state index is -0.279. The third-order valence-corrected chi connectivity index (χ3v) is 5.96. The van der Waals surface area contributed by atoms with Crippen LogP contribution in [0.3, 0.4) is 0 Å². The minimum Gasteiger partial charge on any atom is -0.349 e. The molecule has 1 aromatic carbocycles. The molecular formula is C18H22FNO. The highest BCUT2D eigenvalue weighted by Gasteiger charge is 2.48. The molecule has 1 aromatic rings. The Kier molecular flexibility index (Phi) is 3.05. The maximum Gasteiger partial charge on any atom is 0.251 e. The van der Waals surface area contributed by atoms with E-state index in [0.29, 0.717) is 23.4 Å². The molecule has 4 aliphatic rings. The molecule has 0 atom stereocenters. The lowest BCUT2D eigenvalue weighted by atomic mass is 9.54. The molecule has 0 radical (unpaired) electrons.